The number of hydrogen-bond acceptors (Lipinski definition) is 4. The van der Waals surface area contributed by atoms with Crippen molar-refractivity contribution < 1.29 is 34.0 Å². The molecule has 4 saturated carbocycles. The molecular weight excluding hydrogens is 430 g/mol. The Bertz CT molecular complexity index is 761. The highest BCUT2D eigenvalue weighted by Crippen LogP contribution is 2.69. The van der Waals surface area contributed by atoms with Crippen LogP contribution in [0.3, 0.4) is 0 Å². The molecule has 4 aliphatic rings. The summed E-state index contributed by atoms with van der Waals surface area (Å²) in [5.74, 6) is -6.19. The molecular formula is C26H42F2O5. The largest absolute Gasteiger partial charge is 0.477 e. The first-order valence-electron chi connectivity index (χ1n) is 12.9. The minimum absolute atomic E-state index is 0.00275. The molecule has 4 rings (SSSR count). The minimum Gasteiger partial charge on any atom is -0.477 e. The van der Waals surface area contributed by atoms with Gasteiger partial charge in [0.15, 0.2) is 0 Å². The average Bonchev–Trinajstić information content (AvgIpc) is 3.09. The van der Waals surface area contributed by atoms with Gasteiger partial charge in [-0.1, -0.05) is 34.1 Å². The lowest BCUT2D eigenvalue weighted by Gasteiger charge is -2.65. The summed E-state index contributed by atoms with van der Waals surface area (Å²) < 4.78 is 28.1. The van der Waals surface area contributed by atoms with Crippen molar-refractivity contribution in [3.8, 4) is 0 Å². The Morgan fingerprint density at radius 1 is 1.06 bits per heavy atom. The van der Waals surface area contributed by atoms with Gasteiger partial charge in [0, 0.05) is 6.42 Å². The van der Waals surface area contributed by atoms with Crippen molar-refractivity contribution in [2.75, 3.05) is 0 Å². The molecule has 0 saturated heterocycles. The van der Waals surface area contributed by atoms with Crippen LogP contribution in [0.2, 0.25) is 0 Å². The fourth-order valence-electron chi connectivity index (χ4n) is 9.52. The fourth-order valence-corrected chi connectivity index (χ4v) is 9.52. The summed E-state index contributed by atoms with van der Waals surface area (Å²) >= 11 is 0. The van der Waals surface area contributed by atoms with Gasteiger partial charge in [-0.25, -0.2) is 4.79 Å². The van der Waals surface area contributed by atoms with Crippen molar-refractivity contribution in [1.29, 1.82) is 0 Å². The van der Waals surface area contributed by atoms with Crippen molar-refractivity contribution in [2.45, 2.75) is 103 Å². The van der Waals surface area contributed by atoms with Crippen LogP contribution in [-0.2, 0) is 4.79 Å². The van der Waals surface area contributed by atoms with E-state index in [9.17, 15) is 28.9 Å². The summed E-state index contributed by atoms with van der Waals surface area (Å²) in [5.41, 5.74) is -0.683. The van der Waals surface area contributed by atoms with Gasteiger partial charge in [-0.15, -0.1) is 0 Å². The molecule has 4 fully saturated rings. The second kappa shape index (κ2) is 8.41. The van der Waals surface area contributed by atoms with E-state index in [1.807, 2.05) is 6.92 Å². The minimum atomic E-state index is -3.78. The van der Waals surface area contributed by atoms with Gasteiger partial charge in [0.2, 0.25) is 0 Å². The lowest BCUT2D eigenvalue weighted by Crippen LogP contribution is -2.65. The van der Waals surface area contributed by atoms with Gasteiger partial charge in [-0.05, 0) is 90.8 Å². The first-order chi connectivity index (χ1) is 15.3. The molecule has 190 valence electrons. The Balaban J connectivity index is 1.67. The molecule has 4 N–H and O–H groups in total. The molecule has 4 unspecified atom stereocenters. The highest BCUT2D eigenvalue weighted by Gasteiger charge is 2.67. The average molecular weight is 473 g/mol. The first kappa shape index (κ1) is 25.3. The summed E-state index contributed by atoms with van der Waals surface area (Å²) in [4.78, 5) is 11.0. The van der Waals surface area contributed by atoms with E-state index in [0.717, 1.165) is 25.7 Å². The van der Waals surface area contributed by atoms with E-state index in [1.54, 1.807) is 6.92 Å². The molecule has 5 nitrogen and oxygen atoms in total. The molecule has 0 spiro atoms. The number of rotatable bonds is 5. The Morgan fingerprint density at radius 3 is 2.33 bits per heavy atom. The van der Waals surface area contributed by atoms with Crippen molar-refractivity contribution in [1.82, 2.24) is 0 Å². The maximum absolute atomic E-state index is 14.1. The molecule has 0 radical (unpaired) electrons. The van der Waals surface area contributed by atoms with Gasteiger partial charge < -0.3 is 20.4 Å². The maximum atomic E-state index is 14.1. The Labute approximate surface area is 196 Å². The van der Waals surface area contributed by atoms with E-state index in [0.29, 0.717) is 19.3 Å². The van der Waals surface area contributed by atoms with Crippen LogP contribution in [0.5, 0.6) is 0 Å². The lowest BCUT2D eigenvalue weighted by molar-refractivity contribution is -0.229. The van der Waals surface area contributed by atoms with Crippen LogP contribution < -0.4 is 0 Å². The van der Waals surface area contributed by atoms with E-state index < -0.39 is 41.9 Å². The van der Waals surface area contributed by atoms with Crippen LogP contribution in [-0.4, -0.2) is 50.6 Å². The highest BCUT2D eigenvalue weighted by atomic mass is 19.3. The maximum Gasteiger partial charge on any atom is 0.374 e. The van der Waals surface area contributed by atoms with Gasteiger partial charge in [0.1, 0.15) is 0 Å². The normalized spacial score (nSPS) is 50.8. The van der Waals surface area contributed by atoms with Crippen LogP contribution in [0.15, 0.2) is 0 Å². The van der Waals surface area contributed by atoms with E-state index in [4.69, 9.17) is 5.11 Å². The Hall–Kier alpha value is -0.790. The van der Waals surface area contributed by atoms with Gasteiger partial charge in [0.25, 0.3) is 0 Å². The van der Waals surface area contributed by atoms with Gasteiger partial charge >= 0.3 is 11.9 Å². The van der Waals surface area contributed by atoms with Crippen LogP contribution in [0.25, 0.3) is 0 Å². The fraction of sp³-hybridized carbons (Fsp3) is 0.962. The topological polar surface area (TPSA) is 98.0 Å². The lowest BCUT2D eigenvalue weighted by atomic mass is 9.41. The predicted molar refractivity (Wildman–Crippen MR) is 120 cm³/mol. The van der Waals surface area contributed by atoms with Gasteiger partial charge in [-0.2, -0.15) is 8.78 Å². The molecule has 33 heavy (non-hydrogen) atoms. The predicted octanol–water partition coefficient (Wildman–Crippen LogP) is 4.33. The number of aliphatic hydroxyl groups excluding tert-OH is 3. The third-order valence-electron chi connectivity index (χ3n) is 11.1. The number of alkyl halides is 2. The Morgan fingerprint density at radius 2 is 1.73 bits per heavy atom. The highest BCUT2D eigenvalue weighted by molar-refractivity contribution is 5.75. The number of carbonyl (C=O) groups is 1. The zero-order valence-corrected chi connectivity index (χ0v) is 20.4. The number of halogens is 2. The number of hydrogen-bond donors (Lipinski definition) is 4. The quantitative estimate of drug-likeness (QED) is 0.478. The molecule has 7 heteroatoms. The number of carboxylic acid groups (broad SMARTS) is 1. The molecule has 0 heterocycles. The smallest absolute Gasteiger partial charge is 0.374 e. The van der Waals surface area contributed by atoms with Crippen molar-refractivity contribution in [3.63, 3.8) is 0 Å². The van der Waals surface area contributed by atoms with Crippen LogP contribution in [0, 0.1) is 52.3 Å². The third kappa shape index (κ3) is 3.67. The van der Waals surface area contributed by atoms with E-state index >= 15 is 0 Å². The van der Waals surface area contributed by atoms with E-state index in [2.05, 4.69) is 13.8 Å². The summed E-state index contributed by atoms with van der Waals surface area (Å²) in [6, 6.07) is 0. The zero-order valence-electron chi connectivity index (χ0n) is 20.4. The first-order valence-corrected chi connectivity index (χ1v) is 12.9. The molecule has 0 aromatic heterocycles. The SMILES string of the molecule is CC[C@H]1[C@@H](O)C2C3CCC([C@H](C)CC(F)(F)C(=O)O)[C@@]3(C)[C@@H](O)CC2[C@@]2(C)CC[C@@H](O)C[C@@H]12. The van der Waals surface area contributed by atoms with Crippen molar-refractivity contribution >= 4 is 5.97 Å². The molecule has 0 amide bonds. The molecule has 4 aliphatic carbocycles. The second-order valence-electron chi connectivity index (χ2n) is 12.4. The van der Waals surface area contributed by atoms with E-state index in [1.165, 1.54) is 0 Å². The third-order valence-corrected chi connectivity index (χ3v) is 11.1. The van der Waals surface area contributed by atoms with Crippen LogP contribution in [0.1, 0.15) is 79.1 Å². The number of aliphatic hydroxyl groups is 3. The Kier molecular flexibility index (Phi) is 6.45. The summed E-state index contributed by atoms with van der Waals surface area (Å²) in [5, 5.41) is 42.5. The van der Waals surface area contributed by atoms with E-state index in [-0.39, 0.29) is 47.0 Å². The second-order valence-corrected chi connectivity index (χ2v) is 12.4. The van der Waals surface area contributed by atoms with Crippen molar-refractivity contribution in [3.05, 3.63) is 0 Å². The number of fused-ring (bicyclic) bond motifs is 5. The molecule has 0 bridgehead atoms. The monoisotopic (exact) mass is 472 g/mol. The molecule has 12 atom stereocenters. The summed E-state index contributed by atoms with van der Waals surface area (Å²) in [6.45, 7) is 8.08. The van der Waals surface area contributed by atoms with Gasteiger partial charge in [-0.3, -0.25) is 0 Å². The molecule has 0 aliphatic heterocycles. The van der Waals surface area contributed by atoms with Crippen LogP contribution >= 0.6 is 0 Å². The standard InChI is InChI=1S/C26H42F2O5/c1-5-15-18-10-14(29)8-9-24(18,3)19-11-20(30)25(4)16(6-7-17(25)21(19)22(15)31)13(2)12-26(27,28)23(32)33/h13-22,29-31H,5-12H2,1-4H3,(H,32,33)/t13-,14-,15-,16?,17?,18+,19?,20+,21?,22-,24+,25-/m1/s1. The van der Waals surface area contributed by atoms with Gasteiger partial charge in [0.05, 0.1) is 18.3 Å². The van der Waals surface area contributed by atoms with Crippen LogP contribution in [0.4, 0.5) is 8.78 Å². The number of aliphatic carboxylic acids is 1. The summed E-state index contributed by atoms with van der Waals surface area (Å²) in [6.07, 6.45) is 2.83. The zero-order chi connectivity index (χ0) is 24.5. The van der Waals surface area contributed by atoms with Crippen molar-refractivity contribution in [2.24, 2.45) is 52.3 Å². The number of carboxylic acids is 1. The molecule has 0 aromatic carbocycles. The summed E-state index contributed by atoms with van der Waals surface area (Å²) in [7, 11) is 0. The molecule has 0 aromatic rings.